The zero-order valence-corrected chi connectivity index (χ0v) is 48.4. The third-order valence-electron chi connectivity index (χ3n) is 14.5. The van der Waals surface area contributed by atoms with Gasteiger partial charge in [-0.05, 0) is 83.5 Å². The lowest BCUT2D eigenvalue weighted by Crippen LogP contribution is -2.65. The average Bonchev–Trinajstić information content (AvgIpc) is 3.47. The molecule has 14 nitrogen and oxygen atoms in total. The molecule has 14 heteroatoms. The molecular formula is C64H111NO13. The van der Waals surface area contributed by atoms with Crippen LogP contribution in [0.3, 0.4) is 0 Å². The van der Waals surface area contributed by atoms with Crippen LogP contribution in [0.15, 0.2) is 85.1 Å². The number of allylic oxidation sites excluding steroid dienone is 13. The van der Waals surface area contributed by atoms with Crippen LogP contribution in [0, 0.1) is 0 Å². The van der Waals surface area contributed by atoms with Crippen LogP contribution in [0.2, 0.25) is 0 Å². The molecule has 2 aliphatic rings. The van der Waals surface area contributed by atoms with Crippen molar-refractivity contribution < 1.29 is 64.6 Å². The first-order valence-electron chi connectivity index (χ1n) is 30.8. The highest BCUT2D eigenvalue weighted by molar-refractivity contribution is 5.76. The van der Waals surface area contributed by atoms with Crippen molar-refractivity contribution in [1.29, 1.82) is 0 Å². The summed E-state index contributed by atoms with van der Waals surface area (Å²) in [6, 6.07) is -0.940. The highest BCUT2D eigenvalue weighted by Crippen LogP contribution is 2.30. The Morgan fingerprint density at radius 2 is 0.897 bits per heavy atom. The number of unbranched alkanes of at least 4 members (excludes halogenated alkanes) is 23. The molecule has 2 aliphatic heterocycles. The van der Waals surface area contributed by atoms with Crippen LogP contribution in [0.4, 0.5) is 0 Å². The summed E-state index contributed by atoms with van der Waals surface area (Å²) >= 11 is 0. The standard InChI is InChI=1S/C64H111NO13/c1-3-5-7-9-11-13-15-17-18-19-20-21-22-23-24-25-26-27-28-29-30-31-32-33-34-36-38-40-42-44-46-48-56(69)65-52(53(68)47-45-43-41-39-37-35-16-14-12-10-8-6-4-2)51-75-63-61(74)59(72)62(55(50-67)77-63)78-64-60(73)58(71)57(70)54(49-66)76-64/h5,7,11-14,17-18,20-21,37,39,45,47,52-55,57-64,66-68,70-74H,3-4,6,8-10,15-16,19,22-36,38,40-44,46,48-51H2,1-2H3,(H,65,69)/b7-5-,13-11-,14-12+,18-17-,21-20-,39-37+,47-45+. The molecule has 2 rings (SSSR count). The Morgan fingerprint density at radius 3 is 1.41 bits per heavy atom. The lowest BCUT2D eigenvalue weighted by Gasteiger charge is -2.46. The van der Waals surface area contributed by atoms with E-state index in [2.05, 4.69) is 92.1 Å². The van der Waals surface area contributed by atoms with Gasteiger partial charge in [-0.1, -0.05) is 214 Å². The molecule has 0 saturated carbocycles. The molecule has 12 unspecified atom stereocenters. The molecule has 9 N–H and O–H groups in total. The highest BCUT2D eigenvalue weighted by atomic mass is 16.7. The highest BCUT2D eigenvalue weighted by Gasteiger charge is 2.51. The molecule has 2 heterocycles. The summed E-state index contributed by atoms with van der Waals surface area (Å²) in [5, 5.41) is 87.0. The second kappa shape index (κ2) is 48.8. The number of carbonyl (C=O) groups is 1. The summed E-state index contributed by atoms with van der Waals surface area (Å²) in [6.45, 7) is 2.62. The van der Waals surface area contributed by atoms with E-state index in [0.29, 0.717) is 12.8 Å². The van der Waals surface area contributed by atoms with Crippen LogP contribution in [-0.4, -0.2) is 140 Å². The van der Waals surface area contributed by atoms with Crippen molar-refractivity contribution in [2.45, 2.75) is 293 Å². The molecule has 78 heavy (non-hydrogen) atoms. The van der Waals surface area contributed by atoms with Gasteiger partial charge in [0.25, 0.3) is 0 Å². The Hall–Kier alpha value is -2.83. The number of hydrogen-bond acceptors (Lipinski definition) is 13. The molecule has 0 aromatic heterocycles. The van der Waals surface area contributed by atoms with E-state index in [-0.39, 0.29) is 18.9 Å². The van der Waals surface area contributed by atoms with Gasteiger partial charge in [-0.25, -0.2) is 0 Å². The normalized spacial score (nSPS) is 25.2. The number of hydrogen-bond donors (Lipinski definition) is 9. The first kappa shape index (κ1) is 71.3. The summed E-state index contributed by atoms with van der Waals surface area (Å²) in [7, 11) is 0. The van der Waals surface area contributed by atoms with Crippen LogP contribution in [0.1, 0.15) is 219 Å². The van der Waals surface area contributed by atoms with Crippen molar-refractivity contribution in [2.24, 2.45) is 0 Å². The first-order chi connectivity index (χ1) is 38.1. The average molecular weight is 1100 g/mol. The summed E-state index contributed by atoms with van der Waals surface area (Å²) in [4.78, 5) is 13.2. The van der Waals surface area contributed by atoms with Gasteiger partial charge in [-0.2, -0.15) is 0 Å². The molecule has 450 valence electrons. The predicted molar refractivity (Wildman–Crippen MR) is 313 cm³/mol. The van der Waals surface area contributed by atoms with E-state index < -0.39 is 86.8 Å². The van der Waals surface area contributed by atoms with Gasteiger partial charge in [0.2, 0.25) is 5.91 Å². The fraction of sp³-hybridized carbons (Fsp3) is 0.766. The number of carbonyl (C=O) groups excluding carboxylic acids is 1. The fourth-order valence-electron chi connectivity index (χ4n) is 9.61. The number of aliphatic hydroxyl groups excluding tert-OH is 8. The van der Waals surface area contributed by atoms with Crippen molar-refractivity contribution in [3.05, 3.63) is 85.1 Å². The SMILES string of the molecule is CC/C=C\C/C=C\C/C=C\C/C=C\CCCCCCCCCCCCCCCCCCCCC(=O)NC(COC1OC(CO)C(OC2OC(CO)C(O)C(O)C2O)C(O)C1O)C(O)/C=C/CC/C=C/CC/C=C/CCCCC. The third kappa shape index (κ3) is 33.8. The summed E-state index contributed by atoms with van der Waals surface area (Å²) < 4.78 is 22.7. The third-order valence-corrected chi connectivity index (χ3v) is 14.5. The lowest BCUT2D eigenvalue weighted by atomic mass is 9.97. The van der Waals surface area contributed by atoms with Gasteiger partial charge in [-0.3, -0.25) is 4.79 Å². The summed E-state index contributed by atoms with van der Waals surface area (Å²) in [5.41, 5.74) is 0. The van der Waals surface area contributed by atoms with Crippen LogP contribution >= 0.6 is 0 Å². The van der Waals surface area contributed by atoms with Crippen molar-refractivity contribution in [3.8, 4) is 0 Å². The number of amides is 1. The zero-order chi connectivity index (χ0) is 56.7. The first-order valence-corrected chi connectivity index (χ1v) is 30.8. The molecule has 0 radical (unpaired) electrons. The maximum atomic E-state index is 13.2. The van der Waals surface area contributed by atoms with Crippen molar-refractivity contribution in [2.75, 3.05) is 19.8 Å². The van der Waals surface area contributed by atoms with Gasteiger partial charge in [0, 0.05) is 6.42 Å². The minimum absolute atomic E-state index is 0.256. The second-order valence-corrected chi connectivity index (χ2v) is 21.4. The molecule has 0 aromatic rings. The van der Waals surface area contributed by atoms with Crippen LogP contribution in [0.5, 0.6) is 0 Å². The predicted octanol–water partition coefficient (Wildman–Crippen LogP) is 10.9. The maximum absolute atomic E-state index is 13.2. The molecule has 1 amide bonds. The van der Waals surface area contributed by atoms with E-state index in [4.69, 9.17) is 18.9 Å². The van der Waals surface area contributed by atoms with E-state index in [0.717, 1.165) is 70.6 Å². The van der Waals surface area contributed by atoms with Crippen LogP contribution in [0.25, 0.3) is 0 Å². The maximum Gasteiger partial charge on any atom is 0.220 e. The molecule has 0 spiro atoms. The van der Waals surface area contributed by atoms with Crippen molar-refractivity contribution in [3.63, 3.8) is 0 Å². The van der Waals surface area contributed by atoms with E-state index in [9.17, 15) is 45.6 Å². The van der Waals surface area contributed by atoms with Crippen molar-refractivity contribution in [1.82, 2.24) is 5.32 Å². The topological polar surface area (TPSA) is 228 Å². The number of ether oxygens (including phenoxy) is 4. The zero-order valence-electron chi connectivity index (χ0n) is 48.4. The molecule has 0 aromatic carbocycles. The van der Waals surface area contributed by atoms with E-state index in [1.54, 1.807) is 6.08 Å². The molecule has 12 atom stereocenters. The molecule has 0 bridgehead atoms. The molecule has 2 saturated heterocycles. The Balaban J connectivity index is 1.67. The second-order valence-electron chi connectivity index (χ2n) is 21.4. The number of nitrogens with one attached hydrogen (secondary N) is 1. The largest absolute Gasteiger partial charge is 0.394 e. The fourth-order valence-corrected chi connectivity index (χ4v) is 9.61. The summed E-state index contributed by atoms with van der Waals surface area (Å²) in [6.07, 6.45) is 49.3. The van der Waals surface area contributed by atoms with Gasteiger partial charge in [0.15, 0.2) is 12.6 Å². The van der Waals surface area contributed by atoms with Gasteiger partial charge < -0.3 is 65.1 Å². The number of rotatable bonds is 48. The minimum Gasteiger partial charge on any atom is -0.394 e. The van der Waals surface area contributed by atoms with Gasteiger partial charge in [0.1, 0.15) is 48.8 Å². The van der Waals surface area contributed by atoms with E-state index in [1.807, 2.05) is 6.08 Å². The molecular weight excluding hydrogens is 991 g/mol. The number of aliphatic hydroxyl groups is 8. The molecule has 2 fully saturated rings. The Labute approximate surface area is 471 Å². The van der Waals surface area contributed by atoms with Crippen LogP contribution in [-0.2, 0) is 23.7 Å². The Bertz CT molecular complexity index is 1630. The Morgan fingerprint density at radius 1 is 0.474 bits per heavy atom. The van der Waals surface area contributed by atoms with E-state index in [1.165, 1.54) is 116 Å². The summed E-state index contributed by atoms with van der Waals surface area (Å²) in [5.74, 6) is -0.256. The van der Waals surface area contributed by atoms with Gasteiger partial charge in [0.05, 0.1) is 32.0 Å². The monoisotopic (exact) mass is 1100 g/mol. The van der Waals surface area contributed by atoms with Crippen molar-refractivity contribution >= 4 is 5.91 Å². The Kier molecular flexibility index (Phi) is 44.6. The smallest absolute Gasteiger partial charge is 0.220 e. The van der Waals surface area contributed by atoms with E-state index >= 15 is 0 Å². The lowest BCUT2D eigenvalue weighted by molar-refractivity contribution is -0.359. The quantitative estimate of drug-likeness (QED) is 0.0204. The van der Waals surface area contributed by atoms with Crippen LogP contribution < -0.4 is 5.32 Å². The molecule has 0 aliphatic carbocycles. The van der Waals surface area contributed by atoms with Gasteiger partial charge in [-0.15, -0.1) is 0 Å². The van der Waals surface area contributed by atoms with Gasteiger partial charge >= 0.3 is 0 Å². The minimum atomic E-state index is -1.79.